The lowest BCUT2D eigenvalue weighted by Crippen LogP contribution is -2.42. The molecular weight excluding hydrogens is 398 g/mol. The molecule has 0 aliphatic carbocycles. The largest absolute Gasteiger partial charge is 0.340 e. The first-order chi connectivity index (χ1) is 15.6. The van der Waals surface area contributed by atoms with Crippen LogP contribution in [0.15, 0.2) is 91.0 Å². The fourth-order valence-corrected chi connectivity index (χ4v) is 3.83. The molecular formula is C27H27N3O2. The Kier molecular flexibility index (Phi) is 6.78. The molecule has 1 atom stereocenters. The van der Waals surface area contributed by atoms with E-state index in [0.717, 1.165) is 23.1 Å². The molecule has 2 N–H and O–H groups in total. The monoisotopic (exact) mass is 425 g/mol. The molecule has 1 aliphatic rings. The van der Waals surface area contributed by atoms with E-state index in [-0.39, 0.29) is 24.4 Å². The zero-order valence-electron chi connectivity index (χ0n) is 17.9. The van der Waals surface area contributed by atoms with E-state index in [1.165, 1.54) is 11.0 Å². The maximum Gasteiger partial charge on any atom is 0.251 e. The number of hydrogen-bond donors (Lipinski definition) is 1. The van der Waals surface area contributed by atoms with Crippen molar-refractivity contribution in [1.82, 2.24) is 4.90 Å². The molecule has 32 heavy (non-hydrogen) atoms. The van der Waals surface area contributed by atoms with Crippen molar-refractivity contribution in [2.75, 3.05) is 24.5 Å². The summed E-state index contributed by atoms with van der Waals surface area (Å²) in [5.74, 6) is -0.329. The summed E-state index contributed by atoms with van der Waals surface area (Å²) < 4.78 is 0. The van der Waals surface area contributed by atoms with Gasteiger partial charge in [-0.05, 0) is 41.3 Å². The molecule has 4 rings (SSSR count). The summed E-state index contributed by atoms with van der Waals surface area (Å²) in [6.07, 6.45) is 4.08. The van der Waals surface area contributed by atoms with E-state index in [2.05, 4.69) is 0 Å². The zero-order chi connectivity index (χ0) is 22.3. The number of hydrogen-bond acceptors (Lipinski definition) is 3. The number of nitrogens with zero attached hydrogens (tertiary/aromatic N) is 2. The molecule has 1 fully saturated rings. The summed E-state index contributed by atoms with van der Waals surface area (Å²) in [6.45, 7) is 1.15. The summed E-state index contributed by atoms with van der Waals surface area (Å²) in [6, 6.07) is 27.4. The molecule has 0 spiro atoms. The SMILES string of the molecule is N[C@H]1CCN(C(=O)CN(C(=O)/C=C/c2ccccc2)c2ccc(-c3ccccc3)cc2)C1. The highest BCUT2D eigenvalue weighted by molar-refractivity contribution is 6.06. The van der Waals surface area contributed by atoms with Crippen LogP contribution in [0.1, 0.15) is 12.0 Å². The van der Waals surface area contributed by atoms with Crippen LogP contribution >= 0.6 is 0 Å². The number of anilines is 1. The first-order valence-corrected chi connectivity index (χ1v) is 10.8. The average Bonchev–Trinajstić information content (AvgIpc) is 3.29. The van der Waals surface area contributed by atoms with Crippen molar-refractivity contribution in [3.05, 3.63) is 96.6 Å². The fourth-order valence-electron chi connectivity index (χ4n) is 3.83. The molecule has 5 heteroatoms. The van der Waals surface area contributed by atoms with E-state index in [1.54, 1.807) is 11.0 Å². The predicted octanol–water partition coefficient (Wildman–Crippen LogP) is 3.96. The molecule has 3 aromatic rings. The van der Waals surface area contributed by atoms with Gasteiger partial charge in [0.2, 0.25) is 5.91 Å². The van der Waals surface area contributed by atoms with Crippen LogP contribution in [0.25, 0.3) is 17.2 Å². The summed E-state index contributed by atoms with van der Waals surface area (Å²) >= 11 is 0. The molecule has 2 amide bonds. The third-order valence-electron chi connectivity index (χ3n) is 5.64. The highest BCUT2D eigenvalue weighted by atomic mass is 16.2. The lowest BCUT2D eigenvalue weighted by Gasteiger charge is -2.24. The topological polar surface area (TPSA) is 66.6 Å². The third kappa shape index (κ3) is 5.31. The van der Waals surface area contributed by atoms with Gasteiger partial charge in [-0.25, -0.2) is 0 Å². The Morgan fingerprint density at radius 2 is 1.53 bits per heavy atom. The van der Waals surface area contributed by atoms with Gasteiger partial charge in [0.1, 0.15) is 6.54 Å². The van der Waals surface area contributed by atoms with E-state index in [0.29, 0.717) is 18.8 Å². The van der Waals surface area contributed by atoms with Crippen molar-refractivity contribution in [2.24, 2.45) is 5.73 Å². The van der Waals surface area contributed by atoms with Crippen molar-refractivity contribution < 1.29 is 9.59 Å². The first-order valence-electron chi connectivity index (χ1n) is 10.8. The minimum Gasteiger partial charge on any atom is -0.340 e. The van der Waals surface area contributed by atoms with Crippen LogP contribution < -0.4 is 10.6 Å². The van der Waals surface area contributed by atoms with Gasteiger partial charge < -0.3 is 10.6 Å². The fraction of sp³-hybridized carbons (Fsp3) is 0.185. The second-order valence-electron chi connectivity index (χ2n) is 7.97. The summed E-state index contributed by atoms with van der Waals surface area (Å²) in [4.78, 5) is 29.3. The van der Waals surface area contributed by atoms with Gasteiger partial charge >= 0.3 is 0 Å². The van der Waals surface area contributed by atoms with Gasteiger partial charge in [-0.1, -0.05) is 72.8 Å². The van der Waals surface area contributed by atoms with Crippen molar-refractivity contribution >= 4 is 23.6 Å². The Hall–Kier alpha value is -3.70. The third-order valence-corrected chi connectivity index (χ3v) is 5.64. The van der Waals surface area contributed by atoms with E-state index in [4.69, 9.17) is 5.73 Å². The standard InChI is InChI=1S/C27H27N3O2/c28-24-17-18-29(19-24)27(32)20-30(26(31)16-11-21-7-3-1-4-8-21)25-14-12-23(13-15-25)22-9-5-2-6-10-22/h1-16,24H,17-20,28H2/b16-11+/t24-/m0/s1. The van der Waals surface area contributed by atoms with Crippen LogP contribution in [0.5, 0.6) is 0 Å². The number of benzene rings is 3. The second kappa shape index (κ2) is 10.1. The quantitative estimate of drug-likeness (QED) is 0.608. The van der Waals surface area contributed by atoms with E-state index >= 15 is 0 Å². The van der Waals surface area contributed by atoms with Crippen LogP contribution in [0.2, 0.25) is 0 Å². The number of carbonyl (C=O) groups is 2. The summed E-state index contributed by atoms with van der Waals surface area (Å²) in [5, 5.41) is 0. The average molecular weight is 426 g/mol. The number of likely N-dealkylation sites (tertiary alicyclic amines) is 1. The smallest absolute Gasteiger partial charge is 0.251 e. The Morgan fingerprint density at radius 1 is 0.906 bits per heavy atom. The van der Waals surface area contributed by atoms with Gasteiger partial charge in [0.25, 0.3) is 5.91 Å². The van der Waals surface area contributed by atoms with Crippen LogP contribution in [-0.2, 0) is 9.59 Å². The number of nitrogens with two attached hydrogens (primary N) is 1. The molecule has 0 radical (unpaired) electrons. The van der Waals surface area contributed by atoms with Gasteiger partial charge in [0.05, 0.1) is 0 Å². The normalized spacial score (nSPS) is 15.8. The molecule has 5 nitrogen and oxygen atoms in total. The Morgan fingerprint density at radius 3 is 2.16 bits per heavy atom. The minimum atomic E-state index is -0.238. The molecule has 0 saturated carbocycles. The van der Waals surface area contributed by atoms with Crippen LogP contribution in [-0.4, -0.2) is 42.4 Å². The Balaban J connectivity index is 1.57. The lowest BCUT2D eigenvalue weighted by molar-refractivity contribution is -0.130. The second-order valence-corrected chi connectivity index (χ2v) is 7.97. The first kappa shape index (κ1) is 21.5. The van der Waals surface area contributed by atoms with Crippen molar-refractivity contribution in [2.45, 2.75) is 12.5 Å². The zero-order valence-corrected chi connectivity index (χ0v) is 17.9. The molecule has 1 aliphatic heterocycles. The summed E-state index contributed by atoms with van der Waals surface area (Å²) in [5.41, 5.74) is 9.73. The molecule has 0 aromatic heterocycles. The van der Waals surface area contributed by atoms with Crippen molar-refractivity contribution in [3.8, 4) is 11.1 Å². The number of amides is 2. The molecule has 0 bridgehead atoms. The van der Waals surface area contributed by atoms with Crippen molar-refractivity contribution in [3.63, 3.8) is 0 Å². The van der Waals surface area contributed by atoms with Gasteiger partial charge in [0, 0.05) is 30.9 Å². The van der Waals surface area contributed by atoms with Gasteiger partial charge in [-0.3, -0.25) is 14.5 Å². The predicted molar refractivity (Wildman–Crippen MR) is 129 cm³/mol. The number of carbonyl (C=O) groups excluding carboxylic acids is 2. The molecule has 0 unspecified atom stereocenters. The Labute approximate surface area is 188 Å². The summed E-state index contributed by atoms with van der Waals surface area (Å²) in [7, 11) is 0. The molecule has 3 aromatic carbocycles. The maximum absolute atomic E-state index is 13.1. The highest BCUT2D eigenvalue weighted by Gasteiger charge is 2.26. The van der Waals surface area contributed by atoms with Gasteiger partial charge in [-0.2, -0.15) is 0 Å². The number of rotatable bonds is 6. The van der Waals surface area contributed by atoms with Crippen LogP contribution in [0, 0.1) is 0 Å². The Bertz CT molecular complexity index is 1080. The maximum atomic E-state index is 13.1. The van der Waals surface area contributed by atoms with E-state index in [9.17, 15) is 9.59 Å². The van der Waals surface area contributed by atoms with Gasteiger partial charge in [-0.15, -0.1) is 0 Å². The van der Waals surface area contributed by atoms with Crippen LogP contribution in [0.4, 0.5) is 5.69 Å². The molecule has 1 heterocycles. The molecule has 162 valence electrons. The minimum absolute atomic E-state index is 0.00577. The van der Waals surface area contributed by atoms with E-state index in [1.807, 2.05) is 84.9 Å². The van der Waals surface area contributed by atoms with E-state index < -0.39 is 0 Å². The van der Waals surface area contributed by atoms with Gasteiger partial charge in [0.15, 0.2) is 0 Å². The lowest BCUT2D eigenvalue weighted by atomic mass is 10.1. The molecule has 1 saturated heterocycles. The highest BCUT2D eigenvalue weighted by Crippen LogP contribution is 2.24. The van der Waals surface area contributed by atoms with Crippen LogP contribution in [0.3, 0.4) is 0 Å². The van der Waals surface area contributed by atoms with Crippen molar-refractivity contribution in [1.29, 1.82) is 0 Å².